The van der Waals surface area contributed by atoms with Crippen LogP contribution in [-0.2, 0) is 9.53 Å². The molecule has 2 aliphatic heterocycles. The second kappa shape index (κ2) is 6.80. The number of hydrogen-bond acceptors (Lipinski definition) is 4. The Labute approximate surface area is 132 Å². The lowest BCUT2D eigenvalue weighted by Crippen LogP contribution is -2.32. The van der Waals surface area contributed by atoms with E-state index in [-0.39, 0.29) is 18.7 Å². The number of fused-ring (bicyclic) bond motifs is 2. The molecule has 4 nitrogen and oxygen atoms in total. The normalized spacial score (nSPS) is 29.8. The van der Waals surface area contributed by atoms with Gasteiger partial charge in [-0.3, -0.25) is 4.79 Å². The number of esters is 1. The van der Waals surface area contributed by atoms with E-state index in [2.05, 4.69) is 11.9 Å². The van der Waals surface area contributed by atoms with Crippen LogP contribution in [0.25, 0.3) is 0 Å². The fourth-order valence-electron chi connectivity index (χ4n) is 3.88. The lowest BCUT2D eigenvalue weighted by atomic mass is 9.97. The van der Waals surface area contributed by atoms with E-state index >= 15 is 0 Å². The van der Waals surface area contributed by atoms with Crippen molar-refractivity contribution < 1.29 is 14.6 Å². The van der Waals surface area contributed by atoms with E-state index in [1.165, 1.54) is 12.8 Å². The Morgan fingerprint density at radius 1 is 1.23 bits per heavy atom. The van der Waals surface area contributed by atoms with E-state index in [1.54, 1.807) is 0 Å². The van der Waals surface area contributed by atoms with Crippen molar-refractivity contribution >= 4 is 5.97 Å². The highest BCUT2D eigenvalue weighted by molar-refractivity contribution is 5.78. The zero-order chi connectivity index (χ0) is 15.5. The predicted molar refractivity (Wildman–Crippen MR) is 84.6 cm³/mol. The summed E-state index contributed by atoms with van der Waals surface area (Å²) in [6.45, 7) is -0.207. The van der Waals surface area contributed by atoms with Gasteiger partial charge in [0.1, 0.15) is 12.0 Å². The average Bonchev–Trinajstić information content (AvgIpc) is 2.77. The van der Waals surface area contributed by atoms with Crippen LogP contribution in [0.3, 0.4) is 0 Å². The number of hydrogen-bond donors (Lipinski definition) is 1. The number of aliphatic hydroxyl groups is 1. The van der Waals surface area contributed by atoms with Gasteiger partial charge in [0.05, 0.1) is 6.61 Å². The Bertz CT molecular complexity index is 504. The van der Waals surface area contributed by atoms with E-state index < -0.39 is 5.92 Å². The summed E-state index contributed by atoms with van der Waals surface area (Å²) in [5, 5.41) is 9.57. The molecule has 3 rings (SSSR count). The lowest BCUT2D eigenvalue weighted by molar-refractivity contribution is -0.152. The summed E-state index contributed by atoms with van der Waals surface area (Å²) in [5.41, 5.74) is 0.822. The van der Waals surface area contributed by atoms with E-state index in [0.717, 1.165) is 24.8 Å². The topological polar surface area (TPSA) is 49.8 Å². The minimum Gasteiger partial charge on any atom is -0.462 e. The molecule has 0 saturated carbocycles. The molecule has 4 heteroatoms. The van der Waals surface area contributed by atoms with Gasteiger partial charge in [-0.05, 0) is 44.7 Å². The van der Waals surface area contributed by atoms with Crippen molar-refractivity contribution in [1.29, 1.82) is 0 Å². The lowest BCUT2D eigenvalue weighted by Gasteiger charge is -2.24. The first-order valence-corrected chi connectivity index (χ1v) is 8.27. The molecule has 2 heterocycles. The Morgan fingerprint density at radius 3 is 2.64 bits per heavy atom. The van der Waals surface area contributed by atoms with Gasteiger partial charge < -0.3 is 14.7 Å². The van der Waals surface area contributed by atoms with Gasteiger partial charge in [0.2, 0.25) is 0 Å². The maximum Gasteiger partial charge on any atom is 0.316 e. The molecule has 0 unspecified atom stereocenters. The van der Waals surface area contributed by atoms with Crippen molar-refractivity contribution in [3.8, 4) is 0 Å². The van der Waals surface area contributed by atoms with Gasteiger partial charge >= 0.3 is 5.97 Å². The first kappa shape index (κ1) is 15.5. The molecule has 2 bridgehead atoms. The fourth-order valence-corrected chi connectivity index (χ4v) is 3.88. The second-order valence-electron chi connectivity index (χ2n) is 6.57. The van der Waals surface area contributed by atoms with Gasteiger partial charge in [-0.25, -0.2) is 0 Å². The van der Waals surface area contributed by atoms with Crippen LogP contribution in [0.15, 0.2) is 30.3 Å². The number of carbonyl (C=O) groups excluding carboxylic acids is 1. The van der Waals surface area contributed by atoms with E-state index in [0.29, 0.717) is 12.1 Å². The predicted octanol–water partition coefficient (Wildman–Crippen LogP) is 2.32. The van der Waals surface area contributed by atoms with Gasteiger partial charge in [-0.2, -0.15) is 0 Å². The monoisotopic (exact) mass is 303 g/mol. The van der Waals surface area contributed by atoms with Crippen molar-refractivity contribution in [3.05, 3.63) is 35.9 Å². The molecule has 1 aromatic rings. The van der Waals surface area contributed by atoms with Crippen LogP contribution in [0.2, 0.25) is 0 Å². The van der Waals surface area contributed by atoms with E-state index in [9.17, 15) is 9.90 Å². The highest BCUT2D eigenvalue weighted by atomic mass is 16.5. The fraction of sp³-hybridized carbons (Fsp3) is 0.611. The summed E-state index contributed by atoms with van der Waals surface area (Å²) >= 11 is 0. The summed E-state index contributed by atoms with van der Waals surface area (Å²) in [4.78, 5) is 14.9. The van der Waals surface area contributed by atoms with Crippen molar-refractivity contribution in [1.82, 2.24) is 4.90 Å². The summed E-state index contributed by atoms with van der Waals surface area (Å²) in [5.74, 6) is -0.863. The first-order chi connectivity index (χ1) is 10.7. The van der Waals surface area contributed by atoms with Crippen LogP contribution in [0.5, 0.6) is 0 Å². The molecular formula is C18H25NO3. The zero-order valence-electron chi connectivity index (χ0n) is 13.1. The minimum atomic E-state index is -0.570. The van der Waals surface area contributed by atoms with Gasteiger partial charge in [0.25, 0.3) is 0 Å². The van der Waals surface area contributed by atoms with Crippen molar-refractivity contribution in [2.45, 2.75) is 56.2 Å². The van der Waals surface area contributed by atoms with Crippen LogP contribution in [0, 0.1) is 0 Å². The highest BCUT2D eigenvalue weighted by Crippen LogP contribution is 2.34. The van der Waals surface area contributed by atoms with Gasteiger partial charge in [0, 0.05) is 12.1 Å². The Balaban J connectivity index is 1.63. The Hall–Kier alpha value is -1.39. The Morgan fingerprint density at radius 2 is 1.91 bits per heavy atom. The molecule has 1 N–H and O–H groups in total. The van der Waals surface area contributed by atoms with Gasteiger partial charge in [-0.1, -0.05) is 30.3 Å². The molecule has 22 heavy (non-hydrogen) atoms. The molecule has 0 amide bonds. The van der Waals surface area contributed by atoms with Gasteiger partial charge in [-0.15, -0.1) is 0 Å². The molecule has 2 fully saturated rings. The minimum absolute atomic E-state index is 0.0111. The maximum absolute atomic E-state index is 12.4. The SMILES string of the molecule is CN1[C@H]2CC[C@@H](OC(=O)[C@@H](CO)c3ccccc3)C[C@H]1CC2. The van der Waals surface area contributed by atoms with Crippen LogP contribution < -0.4 is 0 Å². The summed E-state index contributed by atoms with van der Waals surface area (Å²) in [6.07, 6.45) is 5.42. The van der Waals surface area contributed by atoms with Crippen LogP contribution in [-0.4, -0.2) is 47.8 Å². The molecule has 2 aliphatic rings. The van der Waals surface area contributed by atoms with E-state index in [4.69, 9.17) is 4.74 Å². The third kappa shape index (κ3) is 3.18. The van der Waals surface area contributed by atoms with Gasteiger partial charge in [0.15, 0.2) is 0 Å². The zero-order valence-corrected chi connectivity index (χ0v) is 13.1. The summed E-state index contributed by atoms with van der Waals surface area (Å²) in [7, 11) is 2.19. The first-order valence-electron chi connectivity index (χ1n) is 8.27. The maximum atomic E-state index is 12.4. The molecule has 2 saturated heterocycles. The van der Waals surface area contributed by atoms with Crippen LogP contribution in [0.1, 0.15) is 43.6 Å². The smallest absolute Gasteiger partial charge is 0.316 e. The standard InChI is InChI=1S/C18H25NO3/c1-19-14-7-8-15(19)11-16(10-9-14)22-18(21)17(12-20)13-5-3-2-4-6-13/h2-6,14-17,20H,7-12H2,1H3/t14-,15-,16-,17+/m1/s1. The van der Waals surface area contributed by atoms with Crippen LogP contribution >= 0.6 is 0 Å². The van der Waals surface area contributed by atoms with Crippen LogP contribution in [0.4, 0.5) is 0 Å². The number of benzene rings is 1. The molecular weight excluding hydrogens is 278 g/mol. The number of aliphatic hydroxyl groups excluding tert-OH is 1. The Kier molecular flexibility index (Phi) is 4.79. The third-order valence-corrected chi connectivity index (χ3v) is 5.29. The molecule has 1 aromatic carbocycles. The molecule has 4 atom stereocenters. The third-order valence-electron chi connectivity index (χ3n) is 5.29. The van der Waals surface area contributed by atoms with E-state index in [1.807, 2.05) is 30.3 Å². The number of nitrogens with zero attached hydrogens (tertiary/aromatic N) is 1. The van der Waals surface area contributed by atoms with Crippen molar-refractivity contribution in [2.75, 3.05) is 13.7 Å². The molecule has 0 radical (unpaired) electrons. The molecule has 120 valence electrons. The molecule has 0 aromatic heterocycles. The average molecular weight is 303 g/mol. The number of ether oxygens (including phenoxy) is 1. The summed E-state index contributed by atoms with van der Waals surface area (Å²) < 4.78 is 5.75. The molecule has 0 aliphatic carbocycles. The largest absolute Gasteiger partial charge is 0.462 e. The second-order valence-corrected chi connectivity index (χ2v) is 6.57. The quantitative estimate of drug-likeness (QED) is 0.867. The summed E-state index contributed by atoms with van der Waals surface area (Å²) in [6, 6.07) is 10.6. The van der Waals surface area contributed by atoms with Crippen molar-refractivity contribution in [2.24, 2.45) is 0 Å². The number of rotatable bonds is 4. The molecule has 0 spiro atoms. The van der Waals surface area contributed by atoms with Crippen molar-refractivity contribution in [3.63, 3.8) is 0 Å². The highest BCUT2D eigenvalue weighted by Gasteiger charge is 2.37. The number of carbonyl (C=O) groups is 1.